The van der Waals surface area contributed by atoms with E-state index in [-0.39, 0.29) is 11.7 Å². The van der Waals surface area contributed by atoms with Crippen molar-refractivity contribution in [3.8, 4) is 5.75 Å². The molecule has 0 saturated heterocycles. The second-order valence-electron chi connectivity index (χ2n) is 4.80. The summed E-state index contributed by atoms with van der Waals surface area (Å²) in [4.78, 5) is 10.7. The highest BCUT2D eigenvalue weighted by Gasteiger charge is 2.25. The molecule has 1 heterocycles. The van der Waals surface area contributed by atoms with Gasteiger partial charge in [-0.2, -0.15) is 5.10 Å². The van der Waals surface area contributed by atoms with Gasteiger partial charge >= 0.3 is 5.69 Å². The Morgan fingerprint density at radius 1 is 1.38 bits per heavy atom. The predicted octanol–water partition coefficient (Wildman–Crippen LogP) is 2.82. The molecule has 1 atom stereocenters. The largest absolute Gasteiger partial charge is 0.497 e. The fraction of sp³-hybridized carbons (Fsp3) is 0.357. The van der Waals surface area contributed by atoms with Crippen LogP contribution in [0.1, 0.15) is 24.2 Å². The van der Waals surface area contributed by atoms with E-state index in [4.69, 9.17) is 4.74 Å². The number of hydrogen-bond acceptors (Lipinski definition) is 5. The molecule has 1 aromatic heterocycles. The fourth-order valence-electron chi connectivity index (χ4n) is 2.21. The molecule has 0 amide bonds. The number of benzene rings is 1. The normalized spacial score (nSPS) is 12.0. The molecule has 112 valence electrons. The SMILES string of the molecule is COc1ccc(C(C)Nc2c([N+](=O)[O-])c(C)nn2C)cc1. The quantitative estimate of drug-likeness (QED) is 0.676. The summed E-state index contributed by atoms with van der Waals surface area (Å²) in [5.41, 5.74) is 1.41. The molecule has 0 bridgehead atoms. The number of rotatable bonds is 5. The number of aromatic nitrogens is 2. The van der Waals surface area contributed by atoms with Gasteiger partial charge < -0.3 is 10.1 Å². The molecule has 0 saturated carbocycles. The third-order valence-electron chi connectivity index (χ3n) is 3.34. The minimum atomic E-state index is -0.411. The molecular weight excluding hydrogens is 272 g/mol. The Hall–Kier alpha value is -2.57. The van der Waals surface area contributed by atoms with Gasteiger partial charge in [0.1, 0.15) is 11.4 Å². The fourth-order valence-corrected chi connectivity index (χ4v) is 2.21. The van der Waals surface area contributed by atoms with Crippen molar-refractivity contribution in [1.29, 1.82) is 0 Å². The highest BCUT2D eigenvalue weighted by Crippen LogP contribution is 2.30. The Kier molecular flexibility index (Phi) is 4.11. The molecular formula is C14H18N4O3. The number of nitro groups is 1. The van der Waals surface area contributed by atoms with Crippen LogP contribution in [-0.2, 0) is 7.05 Å². The highest BCUT2D eigenvalue weighted by atomic mass is 16.6. The molecule has 2 rings (SSSR count). The minimum absolute atomic E-state index is 0.0119. The van der Waals surface area contributed by atoms with Gasteiger partial charge in [0.05, 0.1) is 18.1 Å². The maximum absolute atomic E-state index is 11.2. The van der Waals surface area contributed by atoms with E-state index in [0.717, 1.165) is 11.3 Å². The van der Waals surface area contributed by atoms with Crippen molar-refractivity contribution < 1.29 is 9.66 Å². The first-order chi connectivity index (χ1) is 9.93. The lowest BCUT2D eigenvalue weighted by atomic mass is 10.1. The van der Waals surface area contributed by atoms with E-state index in [1.54, 1.807) is 21.1 Å². The summed E-state index contributed by atoms with van der Waals surface area (Å²) >= 11 is 0. The number of hydrogen-bond donors (Lipinski definition) is 1. The molecule has 1 unspecified atom stereocenters. The van der Waals surface area contributed by atoms with Crippen LogP contribution in [0.5, 0.6) is 5.75 Å². The molecule has 7 nitrogen and oxygen atoms in total. The summed E-state index contributed by atoms with van der Waals surface area (Å²) in [6.07, 6.45) is 0. The van der Waals surface area contributed by atoms with Crippen LogP contribution in [0, 0.1) is 17.0 Å². The Balaban J connectivity index is 2.26. The summed E-state index contributed by atoms with van der Waals surface area (Å²) in [7, 11) is 3.29. The van der Waals surface area contributed by atoms with Gasteiger partial charge in [0.15, 0.2) is 0 Å². The smallest absolute Gasteiger partial charge is 0.333 e. The molecule has 0 aliphatic rings. The predicted molar refractivity (Wildman–Crippen MR) is 79.6 cm³/mol. The molecule has 0 aliphatic carbocycles. The number of ether oxygens (including phenoxy) is 1. The van der Waals surface area contributed by atoms with Gasteiger partial charge in [0.25, 0.3) is 0 Å². The second kappa shape index (κ2) is 5.82. The molecule has 0 spiro atoms. The van der Waals surface area contributed by atoms with Crippen LogP contribution < -0.4 is 10.1 Å². The first kappa shape index (κ1) is 14.8. The van der Waals surface area contributed by atoms with Gasteiger partial charge in [-0.25, -0.2) is 4.68 Å². The van der Waals surface area contributed by atoms with Gasteiger partial charge in [0, 0.05) is 7.05 Å². The van der Waals surface area contributed by atoms with Crippen molar-refractivity contribution in [1.82, 2.24) is 9.78 Å². The van der Waals surface area contributed by atoms with E-state index in [2.05, 4.69) is 10.4 Å². The molecule has 1 N–H and O–H groups in total. The maximum atomic E-state index is 11.2. The van der Waals surface area contributed by atoms with Crippen LogP contribution >= 0.6 is 0 Å². The topological polar surface area (TPSA) is 82.2 Å². The number of aryl methyl sites for hydroxylation is 2. The second-order valence-corrected chi connectivity index (χ2v) is 4.80. The number of nitrogens with zero attached hydrogens (tertiary/aromatic N) is 3. The Morgan fingerprint density at radius 3 is 2.52 bits per heavy atom. The third kappa shape index (κ3) is 2.96. The molecule has 0 radical (unpaired) electrons. The zero-order valence-corrected chi connectivity index (χ0v) is 12.5. The van der Waals surface area contributed by atoms with E-state index in [9.17, 15) is 10.1 Å². The maximum Gasteiger partial charge on any atom is 0.333 e. The first-order valence-corrected chi connectivity index (χ1v) is 6.52. The third-order valence-corrected chi connectivity index (χ3v) is 3.34. The lowest BCUT2D eigenvalue weighted by Crippen LogP contribution is -2.11. The first-order valence-electron chi connectivity index (χ1n) is 6.52. The molecule has 0 fully saturated rings. The van der Waals surface area contributed by atoms with Crippen LogP contribution in [0.15, 0.2) is 24.3 Å². The average Bonchev–Trinajstić information content (AvgIpc) is 2.73. The van der Waals surface area contributed by atoms with Crippen LogP contribution in [-0.4, -0.2) is 21.8 Å². The molecule has 2 aromatic rings. The zero-order valence-electron chi connectivity index (χ0n) is 12.5. The Morgan fingerprint density at radius 2 is 2.00 bits per heavy atom. The van der Waals surface area contributed by atoms with Gasteiger partial charge in [-0.05, 0) is 31.5 Å². The highest BCUT2D eigenvalue weighted by molar-refractivity contribution is 5.60. The van der Waals surface area contributed by atoms with Crippen LogP contribution in [0.4, 0.5) is 11.5 Å². The number of anilines is 1. The van der Waals surface area contributed by atoms with Crippen molar-refractivity contribution in [2.75, 3.05) is 12.4 Å². The monoisotopic (exact) mass is 290 g/mol. The standard InChI is InChI=1S/C14H18N4O3/c1-9(11-5-7-12(21-4)8-6-11)15-14-13(18(19)20)10(2)16-17(14)3/h5-9,15H,1-4H3. The molecule has 7 heteroatoms. The molecule has 21 heavy (non-hydrogen) atoms. The van der Waals surface area contributed by atoms with Crippen molar-refractivity contribution in [3.63, 3.8) is 0 Å². The summed E-state index contributed by atoms with van der Waals surface area (Å²) < 4.78 is 6.61. The van der Waals surface area contributed by atoms with Crippen LogP contribution in [0.25, 0.3) is 0 Å². The van der Waals surface area contributed by atoms with E-state index in [1.165, 1.54) is 4.68 Å². The van der Waals surface area contributed by atoms with Gasteiger partial charge in [-0.3, -0.25) is 10.1 Å². The van der Waals surface area contributed by atoms with Crippen molar-refractivity contribution in [2.45, 2.75) is 19.9 Å². The molecule has 0 aliphatic heterocycles. The lowest BCUT2D eigenvalue weighted by Gasteiger charge is -2.15. The molecule has 1 aromatic carbocycles. The Labute approximate surface area is 122 Å². The van der Waals surface area contributed by atoms with E-state index in [1.807, 2.05) is 31.2 Å². The van der Waals surface area contributed by atoms with E-state index >= 15 is 0 Å². The van der Waals surface area contributed by atoms with Crippen LogP contribution in [0.3, 0.4) is 0 Å². The van der Waals surface area contributed by atoms with Crippen molar-refractivity contribution >= 4 is 11.5 Å². The number of methoxy groups -OCH3 is 1. The van der Waals surface area contributed by atoms with Gasteiger partial charge in [-0.15, -0.1) is 0 Å². The van der Waals surface area contributed by atoms with E-state index in [0.29, 0.717) is 11.5 Å². The summed E-state index contributed by atoms with van der Waals surface area (Å²) in [6, 6.07) is 7.47. The van der Waals surface area contributed by atoms with Crippen LogP contribution in [0.2, 0.25) is 0 Å². The van der Waals surface area contributed by atoms with E-state index < -0.39 is 4.92 Å². The van der Waals surface area contributed by atoms with Crippen molar-refractivity contribution in [3.05, 3.63) is 45.6 Å². The summed E-state index contributed by atoms with van der Waals surface area (Å²) in [6.45, 7) is 3.56. The lowest BCUT2D eigenvalue weighted by molar-refractivity contribution is -0.384. The Bertz CT molecular complexity index is 649. The van der Waals surface area contributed by atoms with Gasteiger partial charge in [-0.1, -0.05) is 12.1 Å². The summed E-state index contributed by atoms with van der Waals surface area (Å²) in [5, 5.41) is 18.4. The number of nitrogens with one attached hydrogen (secondary N) is 1. The van der Waals surface area contributed by atoms with Crippen molar-refractivity contribution in [2.24, 2.45) is 7.05 Å². The zero-order chi connectivity index (χ0) is 15.6. The average molecular weight is 290 g/mol. The minimum Gasteiger partial charge on any atom is -0.497 e. The van der Waals surface area contributed by atoms with Gasteiger partial charge in [0.2, 0.25) is 5.82 Å². The summed E-state index contributed by atoms with van der Waals surface area (Å²) in [5.74, 6) is 1.18.